The van der Waals surface area contributed by atoms with Crippen LogP contribution < -0.4 is 5.73 Å². The van der Waals surface area contributed by atoms with Crippen LogP contribution in [0.5, 0.6) is 0 Å². The lowest BCUT2D eigenvalue weighted by atomic mass is 10.0. The van der Waals surface area contributed by atoms with Crippen LogP contribution in [0.3, 0.4) is 0 Å². The van der Waals surface area contributed by atoms with Crippen molar-refractivity contribution >= 4 is 5.82 Å². The van der Waals surface area contributed by atoms with Gasteiger partial charge in [0.2, 0.25) is 0 Å². The Morgan fingerprint density at radius 3 is 2.50 bits per heavy atom. The van der Waals surface area contributed by atoms with Crippen molar-refractivity contribution in [3.05, 3.63) is 12.3 Å². The van der Waals surface area contributed by atoms with Gasteiger partial charge in [0.25, 0.3) is 0 Å². The van der Waals surface area contributed by atoms with Gasteiger partial charge in [0.15, 0.2) is 0 Å². The molecule has 2 aliphatic rings. The van der Waals surface area contributed by atoms with Gasteiger partial charge in [0, 0.05) is 19.3 Å². The van der Waals surface area contributed by atoms with Crippen molar-refractivity contribution in [2.24, 2.45) is 0 Å². The Bertz CT molecular complexity index is 353. The van der Waals surface area contributed by atoms with E-state index >= 15 is 0 Å². The van der Waals surface area contributed by atoms with Crippen molar-refractivity contribution in [2.75, 3.05) is 32.0 Å². The fourth-order valence-electron chi connectivity index (χ4n) is 2.51. The van der Waals surface area contributed by atoms with E-state index in [2.05, 4.69) is 10.00 Å². The summed E-state index contributed by atoms with van der Waals surface area (Å²) in [5.41, 5.74) is 5.63. The normalized spacial score (nSPS) is 24.5. The molecule has 0 amide bonds. The van der Waals surface area contributed by atoms with Crippen LogP contribution in [0.15, 0.2) is 12.3 Å². The summed E-state index contributed by atoms with van der Waals surface area (Å²) in [6.45, 7) is 4.13. The average Bonchev–Trinajstić information content (AvgIpc) is 2.63. The Hall–Kier alpha value is -1.07. The summed E-state index contributed by atoms with van der Waals surface area (Å²) in [7, 11) is 0. The molecule has 2 N–H and O–H groups in total. The maximum atomic E-state index is 5.63. The highest BCUT2D eigenvalue weighted by Crippen LogP contribution is 2.25. The van der Waals surface area contributed by atoms with Gasteiger partial charge in [-0.1, -0.05) is 0 Å². The molecule has 5 heteroatoms. The minimum Gasteiger partial charge on any atom is -0.382 e. The standard InChI is InChI=1S/C11H18N4O/c12-11-3-6-15(13-11)9-1-4-14(5-2-9)10-7-16-8-10/h3,6,9-10H,1-2,4-5,7-8H2,(H2,12,13). The van der Waals surface area contributed by atoms with Gasteiger partial charge >= 0.3 is 0 Å². The van der Waals surface area contributed by atoms with Gasteiger partial charge in [-0.2, -0.15) is 5.10 Å². The number of nitrogen functional groups attached to an aromatic ring is 1. The second-order valence-electron chi connectivity index (χ2n) is 4.68. The molecular formula is C11H18N4O. The fraction of sp³-hybridized carbons (Fsp3) is 0.727. The van der Waals surface area contributed by atoms with Crippen molar-refractivity contribution in [2.45, 2.75) is 24.9 Å². The highest BCUT2D eigenvalue weighted by molar-refractivity contribution is 5.24. The predicted molar refractivity (Wildman–Crippen MR) is 61.1 cm³/mol. The number of ether oxygens (including phenoxy) is 1. The Morgan fingerprint density at radius 1 is 1.25 bits per heavy atom. The molecule has 0 unspecified atom stereocenters. The van der Waals surface area contributed by atoms with Crippen molar-refractivity contribution in [3.63, 3.8) is 0 Å². The number of piperidine rings is 1. The second kappa shape index (κ2) is 4.07. The number of anilines is 1. The SMILES string of the molecule is Nc1ccn(C2CCN(C3COC3)CC2)n1. The first-order chi connectivity index (χ1) is 7.83. The molecule has 0 saturated carbocycles. The largest absolute Gasteiger partial charge is 0.382 e. The molecule has 0 atom stereocenters. The zero-order valence-corrected chi connectivity index (χ0v) is 9.38. The fourth-order valence-corrected chi connectivity index (χ4v) is 2.51. The molecule has 0 aliphatic carbocycles. The van der Waals surface area contributed by atoms with E-state index in [-0.39, 0.29) is 0 Å². The molecule has 0 radical (unpaired) electrons. The molecule has 2 fully saturated rings. The van der Waals surface area contributed by atoms with E-state index < -0.39 is 0 Å². The summed E-state index contributed by atoms with van der Waals surface area (Å²) in [5, 5.41) is 4.29. The highest BCUT2D eigenvalue weighted by atomic mass is 16.5. The molecule has 0 spiro atoms. The number of aromatic nitrogens is 2. The summed E-state index contributed by atoms with van der Waals surface area (Å²) in [6.07, 6.45) is 4.32. The number of hydrogen-bond donors (Lipinski definition) is 1. The Morgan fingerprint density at radius 2 is 2.00 bits per heavy atom. The van der Waals surface area contributed by atoms with Crippen LogP contribution in [0, 0.1) is 0 Å². The molecule has 88 valence electrons. The maximum Gasteiger partial charge on any atom is 0.145 e. The van der Waals surface area contributed by atoms with Gasteiger partial charge < -0.3 is 10.5 Å². The van der Waals surface area contributed by atoms with E-state index in [1.54, 1.807) is 0 Å². The Labute approximate surface area is 95.2 Å². The van der Waals surface area contributed by atoms with Crippen molar-refractivity contribution in [3.8, 4) is 0 Å². The molecule has 16 heavy (non-hydrogen) atoms. The van der Waals surface area contributed by atoms with E-state index in [0.29, 0.717) is 17.9 Å². The van der Waals surface area contributed by atoms with Crippen LogP contribution in [0.1, 0.15) is 18.9 Å². The average molecular weight is 222 g/mol. The zero-order valence-electron chi connectivity index (χ0n) is 9.38. The van der Waals surface area contributed by atoms with E-state index in [9.17, 15) is 0 Å². The maximum absolute atomic E-state index is 5.63. The lowest BCUT2D eigenvalue weighted by molar-refractivity contribution is -0.0734. The molecule has 5 nitrogen and oxygen atoms in total. The van der Waals surface area contributed by atoms with Gasteiger partial charge in [-0.05, 0) is 18.9 Å². The van der Waals surface area contributed by atoms with Gasteiger partial charge in [0.05, 0.1) is 25.3 Å². The molecule has 0 aromatic carbocycles. The number of likely N-dealkylation sites (tertiary alicyclic amines) is 1. The minimum absolute atomic E-state index is 0.523. The molecule has 1 aromatic heterocycles. The Balaban J connectivity index is 1.57. The van der Waals surface area contributed by atoms with E-state index in [1.807, 2.05) is 16.9 Å². The van der Waals surface area contributed by atoms with E-state index in [0.717, 1.165) is 39.1 Å². The van der Waals surface area contributed by atoms with E-state index in [4.69, 9.17) is 10.5 Å². The lowest BCUT2D eigenvalue weighted by Gasteiger charge is -2.41. The summed E-state index contributed by atoms with van der Waals surface area (Å²) in [4.78, 5) is 2.53. The first-order valence-electron chi connectivity index (χ1n) is 5.95. The minimum atomic E-state index is 0.523. The van der Waals surface area contributed by atoms with E-state index in [1.165, 1.54) is 0 Å². The monoisotopic (exact) mass is 222 g/mol. The quantitative estimate of drug-likeness (QED) is 0.791. The third kappa shape index (κ3) is 1.81. The number of nitrogens with zero attached hydrogens (tertiary/aromatic N) is 3. The van der Waals surface area contributed by atoms with Crippen LogP contribution in [0.2, 0.25) is 0 Å². The first-order valence-corrected chi connectivity index (χ1v) is 5.95. The molecule has 3 heterocycles. The van der Waals surface area contributed by atoms with Crippen molar-refractivity contribution in [1.29, 1.82) is 0 Å². The van der Waals surface area contributed by atoms with Crippen LogP contribution >= 0.6 is 0 Å². The molecule has 2 saturated heterocycles. The van der Waals surface area contributed by atoms with Crippen LogP contribution in [0.4, 0.5) is 5.82 Å². The zero-order chi connectivity index (χ0) is 11.0. The Kier molecular flexibility index (Phi) is 2.57. The second-order valence-corrected chi connectivity index (χ2v) is 4.68. The molecule has 2 aliphatic heterocycles. The summed E-state index contributed by atoms with van der Waals surface area (Å²) in [6, 6.07) is 3.06. The molecule has 1 aromatic rings. The molecule has 0 bridgehead atoms. The van der Waals surface area contributed by atoms with Gasteiger partial charge in [-0.25, -0.2) is 0 Å². The third-order valence-corrected chi connectivity index (χ3v) is 3.64. The summed E-state index contributed by atoms with van der Waals surface area (Å²) in [5.74, 6) is 0.620. The van der Waals surface area contributed by atoms with Crippen LogP contribution in [0.25, 0.3) is 0 Å². The van der Waals surface area contributed by atoms with Gasteiger partial charge in [-0.15, -0.1) is 0 Å². The smallest absolute Gasteiger partial charge is 0.145 e. The van der Waals surface area contributed by atoms with Crippen LogP contribution in [-0.4, -0.2) is 47.0 Å². The number of nitrogens with two attached hydrogens (primary N) is 1. The summed E-state index contributed by atoms with van der Waals surface area (Å²) < 4.78 is 7.24. The summed E-state index contributed by atoms with van der Waals surface area (Å²) >= 11 is 0. The predicted octanol–water partition coefficient (Wildman–Crippen LogP) is 0.501. The molecular weight excluding hydrogens is 204 g/mol. The third-order valence-electron chi connectivity index (χ3n) is 3.64. The van der Waals surface area contributed by atoms with Crippen molar-refractivity contribution < 1.29 is 4.74 Å². The molecule has 3 rings (SSSR count). The lowest BCUT2D eigenvalue weighted by Crippen LogP contribution is -2.51. The highest BCUT2D eigenvalue weighted by Gasteiger charge is 2.30. The van der Waals surface area contributed by atoms with Crippen LogP contribution in [-0.2, 0) is 4.74 Å². The van der Waals surface area contributed by atoms with Gasteiger partial charge in [0.1, 0.15) is 5.82 Å². The number of rotatable bonds is 2. The van der Waals surface area contributed by atoms with Crippen molar-refractivity contribution in [1.82, 2.24) is 14.7 Å². The topological polar surface area (TPSA) is 56.3 Å². The first kappa shape index (κ1) is 10.1. The number of hydrogen-bond acceptors (Lipinski definition) is 4. The van der Waals surface area contributed by atoms with Gasteiger partial charge in [-0.3, -0.25) is 9.58 Å².